The number of hydrogen-bond donors (Lipinski definition) is 15. The van der Waals surface area contributed by atoms with Gasteiger partial charge in [-0.25, -0.2) is 0 Å². The van der Waals surface area contributed by atoms with Crippen LogP contribution in [-0.2, 0) is 6.42 Å². The van der Waals surface area contributed by atoms with E-state index in [0.717, 1.165) is 35.9 Å². The maximum absolute atomic E-state index is 10.1. The Morgan fingerprint density at radius 1 is 0.400 bits per heavy atom. The molecule has 0 saturated carbocycles. The number of aliphatic hydroxyl groups is 1. The molecule has 0 saturated heterocycles. The summed E-state index contributed by atoms with van der Waals surface area (Å²) in [5, 5.41) is 133. The molecule has 55 heavy (non-hydrogen) atoms. The topological polar surface area (TPSA) is 355 Å². The second-order valence-electron chi connectivity index (χ2n) is 10.8. The van der Waals surface area contributed by atoms with Gasteiger partial charge in [0.1, 0.15) is 29.3 Å². The van der Waals surface area contributed by atoms with Crippen molar-refractivity contribution in [2.75, 3.05) is 6.61 Å². The van der Waals surface area contributed by atoms with Gasteiger partial charge in [0.15, 0.2) is 64.3 Å². The number of carbonyl (C=O) groups excluding carboxylic acids is 3. The van der Waals surface area contributed by atoms with Crippen LogP contribution < -0.4 is 0 Å². The van der Waals surface area contributed by atoms with Crippen molar-refractivity contribution in [1.29, 1.82) is 0 Å². The molecule has 0 bridgehead atoms. The van der Waals surface area contributed by atoms with Gasteiger partial charge in [-0.15, -0.1) is 0 Å². The van der Waals surface area contributed by atoms with E-state index in [1.807, 2.05) is 0 Å². The molecular weight excluding hydrogens is 732 g/mol. The van der Waals surface area contributed by atoms with E-state index in [1.165, 1.54) is 24.3 Å². The second-order valence-corrected chi connectivity index (χ2v) is 10.8. The van der Waals surface area contributed by atoms with Crippen molar-refractivity contribution in [1.82, 2.24) is 0 Å². The Balaban J connectivity index is 0.000000344. The van der Waals surface area contributed by atoms with Crippen LogP contribution in [0.2, 0.25) is 0 Å². The van der Waals surface area contributed by atoms with Crippen molar-refractivity contribution >= 4 is 18.9 Å². The number of aldehydes is 3. The lowest BCUT2D eigenvalue weighted by atomic mass is 10.1. The van der Waals surface area contributed by atoms with Gasteiger partial charge in [-0.3, -0.25) is 14.4 Å². The van der Waals surface area contributed by atoms with Crippen LogP contribution in [0, 0.1) is 13.8 Å². The van der Waals surface area contributed by atoms with Crippen molar-refractivity contribution in [3.63, 3.8) is 0 Å². The van der Waals surface area contributed by atoms with E-state index in [0.29, 0.717) is 36.4 Å². The smallest absolute Gasteiger partial charge is 0.201 e. The number of rotatable bonds is 5. The summed E-state index contributed by atoms with van der Waals surface area (Å²) in [6.45, 7) is 3.21. The number of hydrogen-bond acceptors (Lipinski definition) is 18. The molecule has 18 heteroatoms. The first-order valence-corrected chi connectivity index (χ1v) is 15.2. The van der Waals surface area contributed by atoms with Crippen LogP contribution >= 0.6 is 0 Å². The van der Waals surface area contributed by atoms with Crippen LogP contribution in [0.25, 0.3) is 0 Å². The minimum absolute atomic E-state index is 0.0458. The zero-order chi connectivity index (χ0) is 42.2. The monoisotopic (exact) mass is 770 g/mol. The largest absolute Gasteiger partial charge is 0.507 e. The lowest BCUT2D eigenvalue weighted by molar-refractivity contribution is 0.111. The van der Waals surface area contributed by atoms with Crippen molar-refractivity contribution in [3.05, 3.63) is 94.0 Å². The van der Waals surface area contributed by atoms with Crippen LogP contribution in [0.4, 0.5) is 0 Å². The lowest BCUT2D eigenvalue weighted by Gasteiger charge is -2.06. The van der Waals surface area contributed by atoms with Crippen LogP contribution in [0.5, 0.6) is 80.5 Å². The van der Waals surface area contributed by atoms with E-state index in [-0.39, 0.29) is 57.8 Å². The van der Waals surface area contributed by atoms with Crippen molar-refractivity contribution in [2.45, 2.75) is 20.3 Å². The molecule has 0 aromatic heterocycles. The highest BCUT2D eigenvalue weighted by Crippen LogP contribution is 2.37. The number of benzene rings is 5. The Morgan fingerprint density at radius 2 is 0.873 bits per heavy atom. The number of carbonyl (C=O) groups is 3. The summed E-state index contributed by atoms with van der Waals surface area (Å²) in [7, 11) is 0. The summed E-state index contributed by atoms with van der Waals surface area (Å²) in [4.78, 5) is 30.4. The Morgan fingerprint density at radius 3 is 1.35 bits per heavy atom. The van der Waals surface area contributed by atoms with Crippen LogP contribution in [0.3, 0.4) is 0 Å². The van der Waals surface area contributed by atoms with Gasteiger partial charge in [0.2, 0.25) is 5.75 Å². The molecule has 0 fully saturated rings. The lowest BCUT2D eigenvalue weighted by Crippen LogP contribution is -1.89. The van der Waals surface area contributed by atoms with E-state index in [1.54, 1.807) is 19.9 Å². The number of phenolic OH excluding ortho intramolecular Hbond substituents is 14. The third-order valence-electron chi connectivity index (χ3n) is 6.96. The van der Waals surface area contributed by atoms with Crippen LogP contribution in [-0.4, -0.2) is 102 Å². The molecule has 294 valence electrons. The Bertz CT molecular complexity index is 2050. The van der Waals surface area contributed by atoms with Gasteiger partial charge in [0, 0.05) is 35.4 Å². The fraction of sp³-hybridized carbons (Fsp3) is 0.108. The van der Waals surface area contributed by atoms with Crippen molar-refractivity contribution < 1.29 is 91.0 Å². The number of aromatic hydroxyl groups is 14. The van der Waals surface area contributed by atoms with E-state index >= 15 is 0 Å². The molecule has 18 nitrogen and oxygen atoms in total. The fourth-order valence-corrected chi connectivity index (χ4v) is 3.77. The molecule has 0 heterocycles. The standard InChI is InChI=1S/2C8H10O3.3C7H6O4/c1-4-6(9)3-7(10)5(2)8(4)11;9-4-3-6-1-2-7(10)8(11)5-6;8-3-4-1-6(10)7(11)2-5(4)9;8-3-4-1-5(9)7(11)6(10)2-4;8-3-4-1-2-5(9)7(11)6(4)10/h3,9-11H,1-2H3;1-2,5,9-11H,3-4H2;3*1-3,9-11H. The van der Waals surface area contributed by atoms with E-state index in [9.17, 15) is 19.5 Å². The first-order chi connectivity index (χ1) is 25.7. The molecule has 0 amide bonds. The predicted molar refractivity (Wildman–Crippen MR) is 192 cm³/mol. The highest BCUT2D eigenvalue weighted by atomic mass is 16.3. The Hall–Kier alpha value is -7.73. The highest BCUT2D eigenvalue weighted by Gasteiger charge is 2.11. The van der Waals surface area contributed by atoms with Gasteiger partial charge in [0.25, 0.3) is 0 Å². The van der Waals surface area contributed by atoms with E-state index < -0.39 is 46.0 Å². The summed E-state index contributed by atoms with van der Waals surface area (Å²) < 4.78 is 0. The molecule has 5 aromatic rings. The summed E-state index contributed by atoms with van der Waals surface area (Å²) in [5.41, 5.74) is 1.59. The van der Waals surface area contributed by atoms with Gasteiger partial charge in [-0.05, 0) is 68.3 Å². The normalized spacial score (nSPS) is 9.65. The molecule has 5 aromatic carbocycles. The van der Waals surface area contributed by atoms with Crippen LogP contribution in [0.15, 0.2) is 60.7 Å². The predicted octanol–water partition coefficient (Wildman–Crippen LogP) is 3.90. The molecule has 0 radical (unpaired) electrons. The van der Waals surface area contributed by atoms with Crippen molar-refractivity contribution in [2.24, 2.45) is 0 Å². The average Bonchev–Trinajstić information content (AvgIpc) is 3.15. The molecular formula is C37H38O18. The summed E-state index contributed by atoms with van der Waals surface area (Å²) in [5.74, 6) is -5.09. The summed E-state index contributed by atoms with van der Waals surface area (Å²) in [6, 6.07) is 12.0. The molecule has 15 N–H and O–H groups in total. The Kier molecular flexibility index (Phi) is 17.3. The quantitative estimate of drug-likeness (QED) is 0.0684. The first-order valence-electron chi connectivity index (χ1n) is 15.2. The van der Waals surface area contributed by atoms with Crippen molar-refractivity contribution in [3.8, 4) is 80.5 Å². The number of phenols is 14. The zero-order valence-electron chi connectivity index (χ0n) is 28.9. The first kappa shape index (κ1) is 45.3. The molecule has 0 unspecified atom stereocenters. The third kappa shape index (κ3) is 13.1. The van der Waals surface area contributed by atoms with E-state index in [4.69, 9.17) is 71.5 Å². The van der Waals surface area contributed by atoms with E-state index in [2.05, 4.69) is 0 Å². The molecule has 0 aliphatic carbocycles. The van der Waals surface area contributed by atoms with Gasteiger partial charge in [-0.1, -0.05) is 6.07 Å². The minimum atomic E-state index is -0.672. The maximum Gasteiger partial charge on any atom is 0.201 e. The average molecular weight is 771 g/mol. The van der Waals surface area contributed by atoms with Gasteiger partial charge in [0.05, 0.1) is 11.1 Å². The summed E-state index contributed by atoms with van der Waals surface area (Å²) >= 11 is 0. The second kappa shape index (κ2) is 21.0. The van der Waals surface area contributed by atoms with Gasteiger partial charge < -0.3 is 76.6 Å². The molecule has 0 atom stereocenters. The SMILES string of the molecule is Cc1c(O)cc(O)c(C)c1O.O=Cc1cc(O)c(O)c(O)c1.O=Cc1cc(O)c(O)cc1O.O=Cc1ccc(O)c(O)c1O.OCCc1ccc(O)c(O)c1. The maximum atomic E-state index is 10.1. The summed E-state index contributed by atoms with van der Waals surface area (Å²) in [6.07, 6.45) is 1.72. The zero-order valence-corrected chi connectivity index (χ0v) is 28.9. The third-order valence-corrected chi connectivity index (χ3v) is 6.96. The van der Waals surface area contributed by atoms with Gasteiger partial charge in [-0.2, -0.15) is 0 Å². The minimum Gasteiger partial charge on any atom is -0.507 e. The molecule has 0 spiro atoms. The molecule has 0 aliphatic heterocycles. The highest BCUT2D eigenvalue weighted by molar-refractivity contribution is 5.82. The fourth-order valence-electron chi connectivity index (χ4n) is 3.77. The molecule has 0 aliphatic rings. The van der Waals surface area contributed by atoms with Crippen LogP contribution in [0.1, 0.15) is 47.8 Å². The van der Waals surface area contributed by atoms with Gasteiger partial charge >= 0.3 is 0 Å². The molecule has 5 rings (SSSR count). The number of aliphatic hydroxyl groups excluding tert-OH is 1. The Labute approximate surface area is 311 Å².